The fourth-order valence-electron chi connectivity index (χ4n) is 3.04. The van der Waals surface area contributed by atoms with Crippen LogP contribution in [-0.2, 0) is 22.8 Å². The van der Waals surface area contributed by atoms with E-state index < -0.39 is 15.9 Å². The van der Waals surface area contributed by atoms with E-state index in [9.17, 15) is 18.6 Å². The Hall–Kier alpha value is -1.89. The van der Waals surface area contributed by atoms with Crippen molar-refractivity contribution >= 4 is 9.84 Å². The van der Waals surface area contributed by atoms with Crippen LogP contribution in [0.4, 0.5) is 0 Å². The lowest BCUT2D eigenvalue weighted by atomic mass is 9.98. The van der Waals surface area contributed by atoms with E-state index in [4.69, 9.17) is 0 Å². The van der Waals surface area contributed by atoms with E-state index in [1.54, 1.807) is 24.3 Å². The molecule has 0 bridgehead atoms. The fourth-order valence-corrected chi connectivity index (χ4v) is 3.68. The fraction of sp³-hybridized carbons (Fsp3) is 0.333. The molecule has 2 N–H and O–H groups in total. The number of phenolic OH excluding ortho intramolecular Hbond substituents is 1. The summed E-state index contributed by atoms with van der Waals surface area (Å²) in [4.78, 5) is 2.39. The van der Waals surface area contributed by atoms with Gasteiger partial charge in [0.05, 0.1) is 11.0 Å². The van der Waals surface area contributed by atoms with Gasteiger partial charge in [0.15, 0.2) is 9.84 Å². The van der Waals surface area contributed by atoms with Gasteiger partial charge in [-0.05, 0) is 47.4 Å². The highest BCUT2D eigenvalue weighted by molar-refractivity contribution is 7.90. The highest BCUT2D eigenvalue weighted by atomic mass is 32.2. The van der Waals surface area contributed by atoms with Crippen molar-refractivity contribution in [2.24, 2.45) is 0 Å². The number of phenols is 1. The molecule has 0 amide bonds. The molecule has 0 fully saturated rings. The van der Waals surface area contributed by atoms with Crippen LogP contribution in [0.5, 0.6) is 5.75 Å². The predicted octanol–water partition coefficient (Wildman–Crippen LogP) is 1.89. The zero-order valence-corrected chi connectivity index (χ0v) is 14.3. The van der Waals surface area contributed by atoms with E-state index in [0.29, 0.717) is 18.7 Å². The Kier molecular flexibility index (Phi) is 4.62. The Labute approximate surface area is 142 Å². The molecule has 0 saturated carbocycles. The van der Waals surface area contributed by atoms with Gasteiger partial charge in [-0.15, -0.1) is 0 Å². The molecular weight excluding hydrogens is 326 g/mol. The molecule has 1 atom stereocenters. The van der Waals surface area contributed by atoms with Crippen LogP contribution in [0.15, 0.2) is 47.4 Å². The van der Waals surface area contributed by atoms with E-state index in [2.05, 4.69) is 4.90 Å². The Morgan fingerprint density at radius 3 is 2.50 bits per heavy atom. The van der Waals surface area contributed by atoms with Crippen LogP contribution in [0.3, 0.4) is 0 Å². The molecule has 0 radical (unpaired) electrons. The first-order chi connectivity index (χ1) is 11.3. The average Bonchev–Trinajstić information content (AvgIpc) is 2.53. The maximum absolute atomic E-state index is 11.5. The summed E-state index contributed by atoms with van der Waals surface area (Å²) in [6.07, 6.45) is 1.37. The number of aliphatic hydroxyl groups is 1. The Balaban J connectivity index is 1.68. The summed E-state index contributed by atoms with van der Waals surface area (Å²) in [6.45, 7) is 1.99. The van der Waals surface area contributed by atoms with Gasteiger partial charge in [0.2, 0.25) is 0 Å². The number of aromatic hydroxyl groups is 1. The molecule has 2 aromatic rings. The van der Waals surface area contributed by atoms with Gasteiger partial charge in [0.25, 0.3) is 0 Å². The van der Waals surface area contributed by atoms with Gasteiger partial charge in [-0.25, -0.2) is 8.42 Å². The first kappa shape index (κ1) is 17.0. The standard InChI is InChI=1S/C18H21NO4S/c1-24(22,23)17-6-3-14(4-7-17)18(21)12-19-9-8-13-2-5-16(20)10-15(13)11-19/h2-7,10,18,20-21H,8-9,11-12H2,1H3. The van der Waals surface area contributed by atoms with Crippen molar-refractivity contribution in [3.8, 4) is 5.75 Å². The Morgan fingerprint density at radius 1 is 1.12 bits per heavy atom. The van der Waals surface area contributed by atoms with Crippen molar-refractivity contribution in [2.75, 3.05) is 19.3 Å². The van der Waals surface area contributed by atoms with Crippen molar-refractivity contribution in [2.45, 2.75) is 24.0 Å². The summed E-state index contributed by atoms with van der Waals surface area (Å²) in [6, 6.07) is 11.8. The van der Waals surface area contributed by atoms with Gasteiger partial charge in [0, 0.05) is 25.9 Å². The van der Waals surface area contributed by atoms with Crippen LogP contribution in [0.1, 0.15) is 22.8 Å². The molecule has 24 heavy (non-hydrogen) atoms. The number of benzene rings is 2. The minimum absolute atomic E-state index is 0.251. The van der Waals surface area contributed by atoms with Crippen LogP contribution in [0.25, 0.3) is 0 Å². The minimum atomic E-state index is -3.23. The van der Waals surface area contributed by atoms with Crippen LogP contribution in [-0.4, -0.2) is 42.9 Å². The summed E-state index contributed by atoms with van der Waals surface area (Å²) in [5, 5.41) is 20.0. The number of β-amino-alcohol motifs (C(OH)–C–C–N with tert-alkyl or cyclic N) is 1. The van der Waals surface area contributed by atoms with Gasteiger partial charge >= 0.3 is 0 Å². The summed E-state index contributed by atoms with van der Waals surface area (Å²) in [5.41, 5.74) is 3.01. The monoisotopic (exact) mass is 347 g/mol. The summed E-state index contributed by atoms with van der Waals surface area (Å²) in [7, 11) is -3.23. The first-order valence-corrected chi connectivity index (χ1v) is 9.73. The molecule has 1 heterocycles. The number of nitrogens with zero attached hydrogens (tertiary/aromatic N) is 1. The maximum atomic E-state index is 11.5. The average molecular weight is 347 g/mol. The molecule has 6 heteroatoms. The highest BCUT2D eigenvalue weighted by Crippen LogP contribution is 2.25. The second-order valence-electron chi connectivity index (χ2n) is 6.30. The largest absolute Gasteiger partial charge is 0.508 e. The summed E-state index contributed by atoms with van der Waals surface area (Å²) in [5.74, 6) is 0.257. The van der Waals surface area contributed by atoms with Gasteiger partial charge in [-0.3, -0.25) is 4.90 Å². The normalized spacial score (nSPS) is 16.6. The SMILES string of the molecule is CS(=O)(=O)c1ccc(C(O)CN2CCc3ccc(O)cc3C2)cc1. The molecule has 0 saturated heterocycles. The number of aliphatic hydroxyl groups excluding tert-OH is 1. The molecule has 1 aliphatic heterocycles. The quantitative estimate of drug-likeness (QED) is 0.883. The van der Waals surface area contributed by atoms with Crippen LogP contribution < -0.4 is 0 Å². The minimum Gasteiger partial charge on any atom is -0.508 e. The smallest absolute Gasteiger partial charge is 0.175 e. The topological polar surface area (TPSA) is 77.8 Å². The molecule has 5 nitrogen and oxygen atoms in total. The van der Waals surface area contributed by atoms with E-state index in [1.165, 1.54) is 24.0 Å². The molecular formula is C18H21NO4S. The first-order valence-electron chi connectivity index (χ1n) is 7.84. The molecule has 3 rings (SSSR count). The van der Waals surface area contributed by atoms with Crippen molar-refractivity contribution in [3.05, 3.63) is 59.2 Å². The maximum Gasteiger partial charge on any atom is 0.175 e. The lowest BCUT2D eigenvalue weighted by molar-refractivity contribution is 0.106. The third-order valence-corrected chi connectivity index (χ3v) is 5.53. The third-order valence-electron chi connectivity index (χ3n) is 4.41. The Morgan fingerprint density at radius 2 is 1.83 bits per heavy atom. The molecule has 0 aromatic heterocycles. The van der Waals surface area contributed by atoms with Crippen molar-refractivity contribution in [3.63, 3.8) is 0 Å². The molecule has 2 aromatic carbocycles. The van der Waals surface area contributed by atoms with Gasteiger partial charge in [-0.1, -0.05) is 18.2 Å². The third kappa shape index (κ3) is 3.77. The second kappa shape index (κ2) is 6.55. The van der Waals surface area contributed by atoms with Gasteiger partial charge in [0.1, 0.15) is 5.75 Å². The van der Waals surface area contributed by atoms with Crippen LogP contribution in [0, 0.1) is 0 Å². The summed E-state index contributed by atoms with van der Waals surface area (Å²) < 4.78 is 23.0. The van der Waals surface area contributed by atoms with E-state index in [1.807, 2.05) is 6.07 Å². The lowest BCUT2D eigenvalue weighted by Crippen LogP contribution is -2.34. The van der Waals surface area contributed by atoms with Crippen molar-refractivity contribution < 1.29 is 18.6 Å². The van der Waals surface area contributed by atoms with Gasteiger partial charge < -0.3 is 10.2 Å². The van der Waals surface area contributed by atoms with E-state index in [-0.39, 0.29) is 10.6 Å². The Bertz CT molecular complexity index is 831. The van der Waals surface area contributed by atoms with Crippen LogP contribution in [0.2, 0.25) is 0 Å². The number of hydrogen-bond donors (Lipinski definition) is 2. The second-order valence-corrected chi connectivity index (χ2v) is 8.31. The van der Waals surface area contributed by atoms with Gasteiger partial charge in [-0.2, -0.15) is 0 Å². The van der Waals surface area contributed by atoms with Crippen LogP contribution >= 0.6 is 0 Å². The molecule has 1 aliphatic rings. The predicted molar refractivity (Wildman–Crippen MR) is 91.6 cm³/mol. The zero-order valence-electron chi connectivity index (χ0n) is 13.5. The van der Waals surface area contributed by atoms with E-state index in [0.717, 1.165) is 18.5 Å². The summed E-state index contributed by atoms with van der Waals surface area (Å²) >= 11 is 0. The van der Waals surface area contributed by atoms with Crippen molar-refractivity contribution in [1.82, 2.24) is 4.90 Å². The molecule has 0 spiro atoms. The molecule has 0 aliphatic carbocycles. The number of fused-ring (bicyclic) bond motifs is 1. The van der Waals surface area contributed by atoms with E-state index >= 15 is 0 Å². The number of sulfone groups is 1. The van der Waals surface area contributed by atoms with Crippen molar-refractivity contribution in [1.29, 1.82) is 0 Å². The zero-order chi connectivity index (χ0) is 17.3. The lowest BCUT2D eigenvalue weighted by Gasteiger charge is -2.30. The molecule has 1 unspecified atom stereocenters. The number of rotatable bonds is 4. The highest BCUT2D eigenvalue weighted by Gasteiger charge is 2.20. The molecule has 128 valence electrons. The number of hydrogen-bond acceptors (Lipinski definition) is 5.